The summed E-state index contributed by atoms with van der Waals surface area (Å²) in [6.45, 7) is 6.69. The molecular weight excluding hydrogens is 390 g/mol. The molecule has 1 saturated heterocycles. The minimum Gasteiger partial charge on any atom is -0.298 e. The molecule has 0 amide bonds. The molecule has 2 aliphatic rings. The molecule has 1 aromatic heterocycles. The van der Waals surface area contributed by atoms with Gasteiger partial charge in [0.1, 0.15) is 0 Å². The summed E-state index contributed by atoms with van der Waals surface area (Å²) in [5.41, 5.74) is 2.51. The molecule has 28 heavy (non-hydrogen) atoms. The predicted octanol–water partition coefficient (Wildman–Crippen LogP) is 4.07. The van der Waals surface area contributed by atoms with Gasteiger partial charge in [-0.3, -0.25) is 4.90 Å². The number of hydrogen-bond acceptors (Lipinski definition) is 5. The zero-order valence-electron chi connectivity index (χ0n) is 16.7. The molecule has 0 N–H and O–H groups in total. The van der Waals surface area contributed by atoms with Crippen LogP contribution in [0.15, 0.2) is 28.5 Å². The standard InChI is InChI=1S/C21H29N3O2S2/c1-16-8-9-18(20-15-27-17(2)22-20)14-21(16)28(25,26)24-12-10-23(11-13-24)19-6-4-3-5-7-19/h8-9,14-15,19H,3-7,10-13H2,1-2H3. The van der Waals surface area contributed by atoms with Gasteiger partial charge in [0.2, 0.25) is 10.0 Å². The van der Waals surface area contributed by atoms with Crippen molar-refractivity contribution in [2.45, 2.75) is 56.9 Å². The maximum Gasteiger partial charge on any atom is 0.243 e. The summed E-state index contributed by atoms with van der Waals surface area (Å²) in [6.07, 6.45) is 6.50. The number of sulfonamides is 1. The summed E-state index contributed by atoms with van der Waals surface area (Å²) in [5, 5.41) is 2.97. The molecule has 4 rings (SSSR count). The number of rotatable bonds is 4. The topological polar surface area (TPSA) is 53.5 Å². The SMILES string of the molecule is Cc1nc(-c2ccc(C)c(S(=O)(=O)N3CCN(C4CCCCC4)CC3)c2)cs1. The zero-order chi connectivity index (χ0) is 19.7. The van der Waals surface area contributed by atoms with Gasteiger partial charge in [-0.15, -0.1) is 11.3 Å². The molecule has 1 aromatic carbocycles. The Kier molecular flexibility index (Phi) is 5.88. The number of aromatic nitrogens is 1. The van der Waals surface area contributed by atoms with E-state index < -0.39 is 10.0 Å². The molecule has 1 aliphatic heterocycles. The lowest BCUT2D eigenvalue weighted by Gasteiger charge is -2.40. The van der Waals surface area contributed by atoms with Crippen LogP contribution in [0, 0.1) is 13.8 Å². The van der Waals surface area contributed by atoms with Gasteiger partial charge < -0.3 is 0 Å². The number of aryl methyl sites for hydroxylation is 2. The monoisotopic (exact) mass is 419 g/mol. The summed E-state index contributed by atoms with van der Waals surface area (Å²) in [7, 11) is -3.49. The Balaban J connectivity index is 1.52. The normalized spacial score (nSPS) is 20.5. The molecule has 0 radical (unpaired) electrons. The number of benzene rings is 1. The van der Waals surface area contributed by atoms with E-state index in [1.54, 1.807) is 21.7 Å². The molecule has 2 heterocycles. The first-order valence-electron chi connectivity index (χ1n) is 10.2. The van der Waals surface area contributed by atoms with Gasteiger partial charge in [-0.25, -0.2) is 13.4 Å². The second-order valence-electron chi connectivity index (χ2n) is 7.96. The lowest BCUT2D eigenvalue weighted by Crippen LogP contribution is -2.52. The number of nitrogens with zero attached hydrogens (tertiary/aromatic N) is 3. The van der Waals surface area contributed by atoms with E-state index in [0.717, 1.165) is 34.9 Å². The third kappa shape index (κ3) is 4.03. The number of thiazole rings is 1. The van der Waals surface area contributed by atoms with Crippen molar-refractivity contribution in [3.05, 3.63) is 34.2 Å². The lowest BCUT2D eigenvalue weighted by molar-refractivity contribution is 0.111. The van der Waals surface area contributed by atoms with Crippen LogP contribution < -0.4 is 0 Å². The Morgan fingerprint density at radius 2 is 1.75 bits per heavy atom. The second-order valence-corrected chi connectivity index (χ2v) is 10.9. The molecule has 0 atom stereocenters. The molecule has 2 fully saturated rings. The van der Waals surface area contributed by atoms with Gasteiger partial charge in [-0.2, -0.15) is 4.31 Å². The molecule has 0 spiro atoms. The van der Waals surface area contributed by atoms with E-state index in [9.17, 15) is 8.42 Å². The van der Waals surface area contributed by atoms with Gasteiger partial charge in [0.25, 0.3) is 0 Å². The average molecular weight is 420 g/mol. The molecule has 2 aromatic rings. The summed E-state index contributed by atoms with van der Waals surface area (Å²) < 4.78 is 28.4. The molecule has 0 bridgehead atoms. The third-order valence-electron chi connectivity index (χ3n) is 6.09. The number of hydrogen-bond donors (Lipinski definition) is 0. The van der Waals surface area contributed by atoms with Crippen molar-refractivity contribution in [2.24, 2.45) is 0 Å². The quantitative estimate of drug-likeness (QED) is 0.750. The minimum atomic E-state index is -3.49. The molecule has 5 nitrogen and oxygen atoms in total. The van der Waals surface area contributed by atoms with Gasteiger partial charge in [0.15, 0.2) is 0 Å². The van der Waals surface area contributed by atoms with Crippen molar-refractivity contribution in [3.63, 3.8) is 0 Å². The van der Waals surface area contributed by atoms with E-state index in [2.05, 4.69) is 9.88 Å². The van der Waals surface area contributed by atoms with Crippen LogP contribution >= 0.6 is 11.3 Å². The van der Waals surface area contributed by atoms with Gasteiger partial charge in [0.05, 0.1) is 15.6 Å². The third-order valence-corrected chi connectivity index (χ3v) is 8.90. The van der Waals surface area contributed by atoms with Crippen molar-refractivity contribution in [1.29, 1.82) is 0 Å². The smallest absolute Gasteiger partial charge is 0.243 e. The maximum atomic E-state index is 13.4. The van der Waals surface area contributed by atoms with Crippen LogP contribution in [0.2, 0.25) is 0 Å². The molecule has 152 valence electrons. The van der Waals surface area contributed by atoms with Crippen LogP contribution in [-0.4, -0.2) is 54.8 Å². The molecular formula is C21H29N3O2S2. The first kappa shape index (κ1) is 20.0. The molecule has 0 unspecified atom stereocenters. The molecule has 1 saturated carbocycles. The van der Waals surface area contributed by atoms with Gasteiger partial charge >= 0.3 is 0 Å². The van der Waals surface area contributed by atoms with Crippen LogP contribution in [-0.2, 0) is 10.0 Å². The van der Waals surface area contributed by atoms with Crippen molar-refractivity contribution in [3.8, 4) is 11.3 Å². The predicted molar refractivity (Wildman–Crippen MR) is 114 cm³/mol. The minimum absolute atomic E-state index is 0.418. The molecule has 7 heteroatoms. The van der Waals surface area contributed by atoms with Crippen molar-refractivity contribution >= 4 is 21.4 Å². The van der Waals surface area contributed by atoms with Gasteiger partial charge in [-0.1, -0.05) is 31.4 Å². The van der Waals surface area contributed by atoms with Crippen LogP contribution in [0.3, 0.4) is 0 Å². The number of piperazine rings is 1. The Morgan fingerprint density at radius 3 is 2.39 bits per heavy atom. The van der Waals surface area contributed by atoms with E-state index in [1.807, 2.05) is 31.4 Å². The second kappa shape index (κ2) is 8.22. The highest BCUT2D eigenvalue weighted by Crippen LogP contribution is 2.29. The van der Waals surface area contributed by atoms with Crippen molar-refractivity contribution < 1.29 is 8.42 Å². The average Bonchev–Trinajstić information content (AvgIpc) is 3.15. The van der Waals surface area contributed by atoms with E-state index in [1.165, 1.54) is 32.1 Å². The van der Waals surface area contributed by atoms with Crippen LogP contribution in [0.25, 0.3) is 11.3 Å². The highest BCUT2D eigenvalue weighted by atomic mass is 32.2. The zero-order valence-corrected chi connectivity index (χ0v) is 18.4. The highest BCUT2D eigenvalue weighted by Gasteiger charge is 2.32. The fourth-order valence-corrected chi connectivity index (χ4v) is 6.72. The summed E-state index contributed by atoms with van der Waals surface area (Å²) >= 11 is 1.58. The largest absolute Gasteiger partial charge is 0.298 e. The fourth-order valence-electron chi connectivity index (χ4n) is 4.43. The van der Waals surface area contributed by atoms with Gasteiger partial charge in [0, 0.05) is 43.2 Å². The van der Waals surface area contributed by atoms with Crippen molar-refractivity contribution in [2.75, 3.05) is 26.2 Å². The first-order valence-corrected chi connectivity index (χ1v) is 12.5. The molecule has 1 aliphatic carbocycles. The van der Waals surface area contributed by atoms with Crippen LogP contribution in [0.5, 0.6) is 0 Å². The Bertz CT molecular complexity index is 925. The van der Waals surface area contributed by atoms with Crippen LogP contribution in [0.1, 0.15) is 42.7 Å². The van der Waals surface area contributed by atoms with E-state index in [-0.39, 0.29) is 0 Å². The maximum absolute atomic E-state index is 13.4. The highest BCUT2D eigenvalue weighted by molar-refractivity contribution is 7.89. The van der Waals surface area contributed by atoms with Crippen molar-refractivity contribution in [1.82, 2.24) is 14.2 Å². The van der Waals surface area contributed by atoms with E-state index in [0.29, 0.717) is 24.0 Å². The van der Waals surface area contributed by atoms with Crippen LogP contribution in [0.4, 0.5) is 0 Å². The summed E-state index contributed by atoms with van der Waals surface area (Å²) in [4.78, 5) is 7.44. The Labute approximate surface area is 172 Å². The van der Waals surface area contributed by atoms with E-state index >= 15 is 0 Å². The Morgan fingerprint density at radius 1 is 1.04 bits per heavy atom. The van der Waals surface area contributed by atoms with E-state index in [4.69, 9.17) is 0 Å². The lowest BCUT2D eigenvalue weighted by atomic mass is 9.94. The Hall–Kier alpha value is -1.28. The summed E-state index contributed by atoms with van der Waals surface area (Å²) in [5.74, 6) is 0. The summed E-state index contributed by atoms with van der Waals surface area (Å²) in [6, 6.07) is 6.31. The first-order chi connectivity index (χ1) is 13.4. The van der Waals surface area contributed by atoms with Gasteiger partial charge in [-0.05, 0) is 38.3 Å². The fraction of sp³-hybridized carbons (Fsp3) is 0.571.